The first-order valence-corrected chi connectivity index (χ1v) is 11.8. The van der Waals surface area contributed by atoms with Crippen LogP contribution in [0.1, 0.15) is 91.4 Å². The van der Waals surface area contributed by atoms with Crippen molar-refractivity contribution >= 4 is 11.8 Å². The minimum atomic E-state index is -1.06. The molecular weight excluding hydrogens is 403 g/mol. The van der Waals surface area contributed by atoms with Crippen LogP contribution in [0, 0.1) is 34.5 Å². The van der Waals surface area contributed by atoms with Gasteiger partial charge in [0.2, 0.25) is 0 Å². The van der Waals surface area contributed by atoms with Crippen molar-refractivity contribution in [1.29, 1.82) is 0 Å². The molecule has 4 aliphatic rings. The smallest absolute Gasteiger partial charge is 0.550 e. The molecule has 0 aromatic heterocycles. The fraction of sp³-hybridized carbons (Fsp3) is 0.840. The third-order valence-electron chi connectivity index (χ3n) is 9.86. The molecule has 162 valence electrons. The number of fused-ring (bicyclic) bond motifs is 5. The predicted molar refractivity (Wildman–Crippen MR) is 110 cm³/mol. The average molecular weight is 441 g/mol. The molecule has 0 aliphatic heterocycles. The number of carbonyl (C=O) groups is 2. The van der Waals surface area contributed by atoms with Crippen molar-refractivity contribution in [2.75, 3.05) is 0 Å². The zero-order chi connectivity index (χ0) is 21.0. The van der Waals surface area contributed by atoms with Gasteiger partial charge in [0.15, 0.2) is 5.78 Å². The molecule has 0 radical (unpaired) electrons. The number of carboxylic acid groups (broad SMARTS) is 1. The maximum absolute atomic E-state index is 12.2. The van der Waals surface area contributed by atoms with E-state index in [1.165, 1.54) is 12.0 Å². The second kappa shape index (κ2) is 9.02. The monoisotopic (exact) mass is 440 g/mol. The van der Waals surface area contributed by atoms with E-state index in [1.54, 1.807) is 0 Å². The minimum Gasteiger partial charge on any atom is -0.550 e. The Hall–Kier alpha value is 0.476. The van der Waals surface area contributed by atoms with E-state index < -0.39 is 11.6 Å². The van der Waals surface area contributed by atoms with E-state index in [1.807, 2.05) is 6.08 Å². The van der Waals surface area contributed by atoms with Crippen LogP contribution in [0.3, 0.4) is 0 Å². The third kappa shape index (κ3) is 3.88. The number of ketones is 1. The first-order chi connectivity index (χ1) is 13.6. The average Bonchev–Trinajstić information content (AvgIpc) is 2.93. The molecule has 0 spiro atoms. The van der Waals surface area contributed by atoms with Crippen molar-refractivity contribution in [3.05, 3.63) is 11.6 Å². The van der Waals surface area contributed by atoms with Crippen molar-refractivity contribution in [3.8, 4) is 0 Å². The van der Waals surface area contributed by atoms with Gasteiger partial charge in [0, 0.05) is 12.4 Å². The van der Waals surface area contributed by atoms with Crippen molar-refractivity contribution < 1.29 is 71.2 Å². The van der Waals surface area contributed by atoms with Crippen LogP contribution in [-0.4, -0.2) is 22.5 Å². The summed E-state index contributed by atoms with van der Waals surface area (Å²) in [6, 6.07) is 0. The molecule has 30 heavy (non-hydrogen) atoms. The molecule has 5 heteroatoms. The predicted octanol–water partition coefficient (Wildman–Crippen LogP) is 0.810. The van der Waals surface area contributed by atoms with Crippen LogP contribution >= 0.6 is 0 Å². The molecule has 1 N–H and O–H groups in total. The zero-order valence-electron chi connectivity index (χ0n) is 19.3. The van der Waals surface area contributed by atoms with Crippen LogP contribution in [-0.2, 0) is 9.59 Å². The summed E-state index contributed by atoms with van der Waals surface area (Å²) in [5.74, 6) is 1.40. The van der Waals surface area contributed by atoms with E-state index in [-0.39, 0.29) is 68.6 Å². The molecule has 0 aromatic carbocycles. The van der Waals surface area contributed by atoms with Gasteiger partial charge in [0.25, 0.3) is 0 Å². The molecule has 3 fully saturated rings. The summed E-state index contributed by atoms with van der Waals surface area (Å²) in [5.41, 5.74) is 0.411. The number of aliphatic carboxylic acids is 1. The Morgan fingerprint density at radius 1 is 1.20 bits per heavy atom. The third-order valence-corrected chi connectivity index (χ3v) is 9.86. The molecule has 0 aromatic rings. The topological polar surface area (TPSA) is 77.4 Å². The molecule has 3 unspecified atom stereocenters. The summed E-state index contributed by atoms with van der Waals surface area (Å²) in [4.78, 5) is 23.3. The van der Waals surface area contributed by atoms with Crippen molar-refractivity contribution in [3.63, 3.8) is 0 Å². The summed E-state index contributed by atoms with van der Waals surface area (Å²) in [7, 11) is 0. The number of aliphatic hydroxyl groups is 1. The van der Waals surface area contributed by atoms with Gasteiger partial charge >= 0.3 is 51.4 Å². The summed E-state index contributed by atoms with van der Waals surface area (Å²) >= 11 is 0. The Bertz CT molecular complexity index is 733. The zero-order valence-corrected chi connectivity index (χ0v) is 22.5. The molecule has 0 amide bonds. The Balaban J connectivity index is 0.00000256. The van der Waals surface area contributed by atoms with Crippen molar-refractivity contribution in [2.45, 2.75) is 97.0 Å². The molecule has 0 heterocycles. The second-order valence-electron chi connectivity index (χ2n) is 11.0. The fourth-order valence-corrected chi connectivity index (χ4v) is 8.20. The van der Waals surface area contributed by atoms with Crippen molar-refractivity contribution in [1.82, 2.24) is 0 Å². The molecule has 7 atom stereocenters. The summed E-state index contributed by atoms with van der Waals surface area (Å²) in [5, 5.41) is 22.7. The van der Waals surface area contributed by atoms with Gasteiger partial charge < -0.3 is 15.0 Å². The van der Waals surface area contributed by atoms with Gasteiger partial charge in [-0.05, 0) is 91.9 Å². The van der Waals surface area contributed by atoms with E-state index in [2.05, 4.69) is 20.8 Å². The maximum Gasteiger partial charge on any atom is 1.00 e. The van der Waals surface area contributed by atoms with Crippen LogP contribution in [0.2, 0.25) is 0 Å². The Morgan fingerprint density at radius 2 is 1.90 bits per heavy atom. The van der Waals surface area contributed by atoms with Gasteiger partial charge in [0.05, 0.1) is 5.60 Å². The number of carboxylic acids is 1. The first kappa shape index (κ1) is 25.1. The SMILES string of the molecule is CCC[C@@H]1CC2=CC(=O)CC[C@]2(C)C2CC[C@@]3(C)C(CC[C@@]3(O)CCC(=O)[O-])C21.[K+]. The maximum atomic E-state index is 12.2. The normalized spacial score (nSPS) is 44.9. The van der Waals surface area contributed by atoms with Gasteiger partial charge in [-0.3, -0.25) is 4.79 Å². The van der Waals surface area contributed by atoms with Gasteiger partial charge in [-0.2, -0.15) is 0 Å². The molecule has 0 bridgehead atoms. The Morgan fingerprint density at radius 3 is 2.57 bits per heavy atom. The fourth-order valence-electron chi connectivity index (χ4n) is 8.20. The quantitative estimate of drug-likeness (QED) is 0.642. The summed E-state index contributed by atoms with van der Waals surface area (Å²) in [6.07, 6.45) is 10.9. The number of hydrogen-bond acceptors (Lipinski definition) is 4. The van der Waals surface area contributed by atoms with Gasteiger partial charge in [-0.15, -0.1) is 0 Å². The van der Waals surface area contributed by atoms with E-state index in [0.717, 1.165) is 38.5 Å². The minimum absolute atomic E-state index is 0. The van der Waals surface area contributed by atoms with E-state index in [9.17, 15) is 19.8 Å². The molecule has 3 saturated carbocycles. The standard InChI is InChI=1S/C25H38O4.K/c1-4-5-16-14-17-15-18(26)6-10-23(17,2)19-7-11-24(3)20(22(16)19)8-12-25(24,29)13-9-21(27)28;/h15-16,19-20,22,29H,4-14H2,1-3H3,(H,27,28);/q;+1/p-1/t16-,19?,20?,22?,23+,24+,25-;/m1./s1. The van der Waals surface area contributed by atoms with Gasteiger partial charge in [0.1, 0.15) is 0 Å². The molecular formula is C25H37KO4. The van der Waals surface area contributed by atoms with Gasteiger partial charge in [-0.1, -0.05) is 39.2 Å². The van der Waals surface area contributed by atoms with Crippen LogP contribution in [0.5, 0.6) is 0 Å². The van der Waals surface area contributed by atoms with E-state index in [4.69, 9.17) is 0 Å². The van der Waals surface area contributed by atoms with E-state index >= 15 is 0 Å². The molecule has 4 rings (SSSR count). The first-order valence-electron chi connectivity index (χ1n) is 11.8. The number of carbonyl (C=O) groups excluding carboxylic acids is 2. The van der Waals surface area contributed by atoms with E-state index in [0.29, 0.717) is 48.7 Å². The number of rotatable bonds is 5. The summed E-state index contributed by atoms with van der Waals surface area (Å²) in [6.45, 7) is 6.87. The summed E-state index contributed by atoms with van der Waals surface area (Å²) < 4.78 is 0. The van der Waals surface area contributed by atoms with Crippen LogP contribution < -0.4 is 56.5 Å². The number of hydrogen-bond donors (Lipinski definition) is 1. The van der Waals surface area contributed by atoms with Crippen molar-refractivity contribution in [2.24, 2.45) is 34.5 Å². The van der Waals surface area contributed by atoms with Crippen LogP contribution in [0.4, 0.5) is 0 Å². The Kier molecular flexibility index (Phi) is 7.55. The molecule has 0 saturated heterocycles. The second-order valence-corrected chi connectivity index (χ2v) is 11.0. The largest absolute Gasteiger partial charge is 1.00 e. The number of allylic oxidation sites excluding steroid dienone is 1. The van der Waals surface area contributed by atoms with Crippen LogP contribution in [0.25, 0.3) is 0 Å². The Labute approximate surface area is 224 Å². The molecule has 4 nitrogen and oxygen atoms in total. The van der Waals surface area contributed by atoms with Gasteiger partial charge in [-0.25, -0.2) is 0 Å². The van der Waals surface area contributed by atoms with Crippen LogP contribution in [0.15, 0.2) is 11.6 Å². The molecule has 4 aliphatic carbocycles.